The van der Waals surface area contributed by atoms with E-state index in [2.05, 4.69) is 22.4 Å². The Bertz CT molecular complexity index is 395. The van der Waals surface area contributed by atoms with Crippen LogP contribution in [-0.4, -0.2) is 28.4 Å². The molecule has 1 spiro atoms. The quantitative estimate of drug-likeness (QED) is 0.864. The normalized spacial score (nSPS) is 26.8. The topological polar surface area (TPSA) is 49.9 Å². The Balaban J connectivity index is 1.55. The van der Waals surface area contributed by atoms with Crippen molar-refractivity contribution in [3.05, 3.63) is 17.5 Å². The Morgan fingerprint density at radius 1 is 1.50 bits per heavy atom. The van der Waals surface area contributed by atoms with Crippen molar-refractivity contribution in [2.24, 2.45) is 0 Å². The number of nitrogens with one attached hydrogen (secondary N) is 2. The molecule has 1 aromatic rings. The van der Waals surface area contributed by atoms with E-state index in [1.165, 1.54) is 43.4 Å². The summed E-state index contributed by atoms with van der Waals surface area (Å²) in [7, 11) is 0. The monoisotopic (exact) mass is 249 g/mol. The molecule has 2 N–H and O–H groups in total. The first-order chi connectivity index (χ1) is 8.77. The molecule has 1 atom stereocenters. The Morgan fingerprint density at radius 2 is 2.33 bits per heavy atom. The molecule has 2 heterocycles. The largest absolute Gasteiger partial charge is 0.375 e. The maximum absolute atomic E-state index is 6.06. The van der Waals surface area contributed by atoms with E-state index in [0.29, 0.717) is 6.04 Å². The maximum atomic E-state index is 6.06. The zero-order valence-electron chi connectivity index (χ0n) is 11.2. The second-order valence-electron chi connectivity index (χ2n) is 5.84. The molecule has 0 bridgehead atoms. The van der Waals surface area contributed by atoms with Crippen molar-refractivity contribution in [2.45, 2.75) is 63.6 Å². The van der Waals surface area contributed by atoms with Crippen molar-refractivity contribution in [3.63, 3.8) is 0 Å². The van der Waals surface area contributed by atoms with Gasteiger partial charge in [-0.1, -0.05) is 12.8 Å². The first-order valence-electron chi connectivity index (χ1n) is 7.14. The fraction of sp³-hybridized carbons (Fsp3) is 0.786. The van der Waals surface area contributed by atoms with Crippen LogP contribution in [0.4, 0.5) is 0 Å². The van der Waals surface area contributed by atoms with Crippen molar-refractivity contribution in [1.82, 2.24) is 15.5 Å². The summed E-state index contributed by atoms with van der Waals surface area (Å²) >= 11 is 0. The molecule has 1 aliphatic carbocycles. The van der Waals surface area contributed by atoms with Crippen LogP contribution in [0.15, 0.2) is 6.20 Å². The molecule has 1 aliphatic heterocycles. The van der Waals surface area contributed by atoms with Gasteiger partial charge < -0.3 is 10.1 Å². The molecule has 0 amide bonds. The van der Waals surface area contributed by atoms with Crippen LogP contribution in [0, 0.1) is 6.92 Å². The van der Waals surface area contributed by atoms with Gasteiger partial charge >= 0.3 is 0 Å². The van der Waals surface area contributed by atoms with Crippen molar-refractivity contribution in [3.8, 4) is 0 Å². The minimum absolute atomic E-state index is 0.207. The first-order valence-corrected chi connectivity index (χ1v) is 7.14. The number of hydrogen-bond acceptors (Lipinski definition) is 3. The number of hydrogen-bond donors (Lipinski definition) is 2. The number of rotatable bonds is 3. The summed E-state index contributed by atoms with van der Waals surface area (Å²) < 4.78 is 6.06. The lowest BCUT2D eigenvalue weighted by Gasteiger charge is -2.38. The molecule has 4 nitrogen and oxygen atoms in total. The van der Waals surface area contributed by atoms with E-state index in [4.69, 9.17) is 4.74 Å². The molecule has 1 unspecified atom stereocenters. The standard InChI is InChI=1S/C14H23N3O/c1-11-9-16-17-13(11)10-15-12-4-7-18-14(8-12)5-2-3-6-14/h9,12,15H,2-8,10H2,1H3,(H,16,17). The highest BCUT2D eigenvalue weighted by Gasteiger charge is 2.39. The zero-order chi connectivity index (χ0) is 12.4. The second-order valence-corrected chi connectivity index (χ2v) is 5.84. The minimum atomic E-state index is 0.207. The van der Waals surface area contributed by atoms with Gasteiger partial charge in [0.2, 0.25) is 0 Å². The molecule has 2 aliphatic rings. The van der Waals surface area contributed by atoms with E-state index in [1.54, 1.807) is 0 Å². The lowest BCUT2D eigenvalue weighted by atomic mass is 9.89. The van der Waals surface area contributed by atoms with Gasteiger partial charge in [0, 0.05) is 19.2 Å². The molecule has 1 saturated heterocycles. The molecular formula is C14H23N3O. The van der Waals surface area contributed by atoms with Crippen molar-refractivity contribution >= 4 is 0 Å². The van der Waals surface area contributed by atoms with Crippen LogP contribution in [0.5, 0.6) is 0 Å². The molecule has 4 heteroatoms. The summed E-state index contributed by atoms with van der Waals surface area (Å²) in [6.07, 6.45) is 9.40. The van der Waals surface area contributed by atoms with Crippen LogP contribution in [0.2, 0.25) is 0 Å². The lowest BCUT2D eigenvalue weighted by Crippen LogP contribution is -2.45. The van der Waals surface area contributed by atoms with Gasteiger partial charge in [-0.15, -0.1) is 0 Å². The zero-order valence-corrected chi connectivity index (χ0v) is 11.2. The summed E-state index contributed by atoms with van der Waals surface area (Å²) in [6.45, 7) is 3.91. The van der Waals surface area contributed by atoms with Gasteiger partial charge in [0.25, 0.3) is 0 Å². The number of ether oxygens (including phenoxy) is 1. The second kappa shape index (κ2) is 5.02. The third-order valence-corrected chi connectivity index (χ3v) is 4.51. The van der Waals surface area contributed by atoms with Crippen LogP contribution in [0.3, 0.4) is 0 Å². The van der Waals surface area contributed by atoms with Crippen molar-refractivity contribution in [2.75, 3.05) is 6.61 Å². The summed E-state index contributed by atoms with van der Waals surface area (Å²) in [5.41, 5.74) is 2.66. The number of aryl methyl sites for hydroxylation is 1. The van der Waals surface area contributed by atoms with Gasteiger partial charge in [0.1, 0.15) is 0 Å². The van der Waals surface area contributed by atoms with Gasteiger partial charge in [0.15, 0.2) is 0 Å². The molecule has 1 aromatic heterocycles. The van der Waals surface area contributed by atoms with Crippen LogP contribution in [0.25, 0.3) is 0 Å². The van der Waals surface area contributed by atoms with Gasteiger partial charge in [0.05, 0.1) is 17.5 Å². The third kappa shape index (κ3) is 2.45. The smallest absolute Gasteiger partial charge is 0.0697 e. The predicted octanol–water partition coefficient (Wildman–Crippen LogP) is 2.30. The van der Waals surface area contributed by atoms with Crippen LogP contribution in [0.1, 0.15) is 49.8 Å². The fourth-order valence-electron chi connectivity index (χ4n) is 3.37. The SMILES string of the molecule is Cc1cn[nH]c1CNC1CCOC2(CCCC2)C1. The van der Waals surface area contributed by atoms with E-state index >= 15 is 0 Å². The highest BCUT2D eigenvalue weighted by Crippen LogP contribution is 2.39. The van der Waals surface area contributed by atoms with E-state index in [9.17, 15) is 0 Å². The average Bonchev–Trinajstić information content (AvgIpc) is 2.97. The van der Waals surface area contributed by atoms with Crippen LogP contribution in [-0.2, 0) is 11.3 Å². The molecule has 18 heavy (non-hydrogen) atoms. The highest BCUT2D eigenvalue weighted by atomic mass is 16.5. The molecule has 0 radical (unpaired) electrons. The fourth-order valence-corrected chi connectivity index (χ4v) is 3.37. The number of aromatic amines is 1. The van der Waals surface area contributed by atoms with Crippen LogP contribution >= 0.6 is 0 Å². The molecule has 1 saturated carbocycles. The molecule has 0 aromatic carbocycles. The number of aromatic nitrogens is 2. The highest BCUT2D eigenvalue weighted by molar-refractivity contribution is 5.13. The van der Waals surface area contributed by atoms with Gasteiger partial charge in [-0.2, -0.15) is 5.10 Å². The van der Waals surface area contributed by atoms with E-state index in [1.807, 2.05) is 6.20 Å². The summed E-state index contributed by atoms with van der Waals surface area (Å²) in [5.74, 6) is 0. The predicted molar refractivity (Wildman–Crippen MR) is 70.3 cm³/mol. The average molecular weight is 249 g/mol. The third-order valence-electron chi connectivity index (χ3n) is 4.51. The maximum Gasteiger partial charge on any atom is 0.0697 e. The molecule has 100 valence electrons. The van der Waals surface area contributed by atoms with Crippen LogP contribution < -0.4 is 5.32 Å². The summed E-state index contributed by atoms with van der Waals surface area (Å²) in [6, 6.07) is 0.597. The Kier molecular flexibility index (Phi) is 3.39. The van der Waals surface area contributed by atoms with Gasteiger partial charge in [-0.3, -0.25) is 5.10 Å². The Morgan fingerprint density at radius 3 is 3.06 bits per heavy atom. The summed E-state index contributed by atoms with van der Waals surface area (Å²) in [5, 5.41) is 10.8. The first kappa shape index (κ1) is 12.2. The molecular weight excluding hydrogens is 226 g/mol. The van der Waals surface area contributed by atoms with Crippen molar-refractivity contribution < 1.29 is 4.74 Å². The van der Waals surface area contributed by atoms with Gasteiger partial charge in [-0.05, 0) is 38.2 Å². The van der Waals surface area contributed by atoms with Crippen molar-refractivity contribution in [1.29, 1.82) is 0 Å². The number of H-pyrrole nitrogens is 1. The van der Waals surface area contributed by atoms with Gasteiger partial charge in [-0.25, -0.2) is 0 Å². The Hall–Kier alpha value is -0.870. The summed E-state index contributed by atoms with van der Waals surface area (Å²) in [4.78, 5) is 0. The van der Waals surface area contributed by atoms with E-state index in [0.717, 1.165) is 19.6 Å². The molecule has 2 fully saturated rings. The van der Waals surface area contributed by atoms with E-state index < -0.39 is 0 Å². The Labute approximate surface area is 108 Å². The number of nitrogens with zero attached hydrogens (tertiary/aromatic N) is 1. The van der Waals surface area contributed by atoms with E-state index in [-0.39, 0.29) is 5.60 Å². The minimum Gasteiger partial charge on any atom is -0.375 e. The lowest BCUT2D eigenvalue weighted by molar-refractivity contribution is -0.0838. The molecule has 3 rings (SSSR count).